The zero-order valence-corrected chi connectivity index (χ0v) is 13.5. The maximum Gasteiger partial charge on any atom is 0.344 e. The average molecular weight is 355 g/mol. The molecular formula is C19H14FNO5. The zero-order valence-electron chi connectivity index (χ0n) is 13.5. The predicted octanol–water partition coefficient (Wildman–Crippen LogP) is 2.41. The van der Waals surface area contributed by atoms with Gasteiger partial charge >= 0.3 is 11.6 Å². The Morgan fingerprint density at radius 2 is 1.85 bits per heavy atom. The van der Waals surface area contributed by atoms with Crippen LogP contribution in [0.15, 0.2) is 63.8 Å². The monoisotopic (exact) mass is 355 g/mol. The smallest absolute Gasteiger partial charge is 0.344 e. The van der Waals surface area contributed by atoms with Gasteiger partial charge in [0.1, 0.15) is 19.0 Å². The van der Waals surface area contributed by atoms with Crippen molar-refractivity contribution >= 4 is 22.6 Å². The van der Waals surface area contributed by atoms with E-state index in [0.717, 1.165) is 17.7 Å². The fourth-order valence-corrected chi connectivity index (χ4v) is 2.30. The predicted molar refractivity (Wildman–Crippen MR) is 91.0 cm³/mol. The van der Waals surface area contributed by atoms with Crippen LogP contribution in [0.4, 0.5) is 4.39 Å². The van der Waals surface area contributed by atoms with Gasteiger partial charge in [0.05, 0.1) is 5.39 Å². The number of amides is 1. The third-order valence-corrected chi connectivity index (χ3v) is 3.58. The van der Waals surface area contributed by atoms with Crippen LogP contribution in [0.3, 0.4) is 0 Å². The minimum Gasteiger partial charge on any atom is -0.460 e. The van der Waals surface area contributed by atoms with Crippen molar-refractivity contribution in [2.24, 2.45) is 0 Å². The van der Waals surface area contributed by atoms with Gasteiger partial charge in [0.25, 0.3) is 5.91 Å². The maximum atomic E-state index is 13.3. The van der Waals surface area contributed by atoms with Crippen molar-refractivity contribution in [2.75, 3.05) is 6.54 Å². The van der Waals surface area contributed by atoms with Gasteiger partial charge in [-0.25, -0.2) is 9.18 Å². The van der Waals surface area contributed by atoms with E-state index in [4.69, 9.17) is 9.15 Å². The van der Waals surface area contributed by atoms with E-state index in [9.17, 15) is 18.8 Å². The van der Waals surface area contributed by atoms with E-state index in [-0.39, 0.29) is 23.1 Å². The number of carbonyl (C=O) groups excluding carboxylic acids is 2. The van der Waals surface area contributed by atoms with Crippen molar-refractivity contribution in [3.63, 3.8) is 0 Å². The summed E-state index contributed by atoms with van der Waals surface area (Å²) in [7, 11) is 0. The third-order valence-electron chi connectivity index (χ3n) is 3.58. The average Bonchev–Trinajstić information content (AvgIpc) is 2.64. The highest BCUT2D eigenvalue weighted by Gasteiger charge is 2.14. The second-order valence-electron chi connectivity index (χ2n) is 5.46. The molecule has 1 aromatic heterocycles. The molecule has 0 spiro atoms. The molecule has 26 heavy (non-hydrogen) atoms. The number of esters is 1. The first kappa shape index (κ1) is 17.3. The van der Waals surface area contributed by atoms with Gasteiger partial charge in [-0.05, 0) is 35.2 Å². The van der Waals surface area contributed by atoms with Crippen molar-refractivity contribution in [3.05, 3.63) is 82.2 Å². The Morgan fingerprint density at radius 3 is 2.62 bits per heavy atom. The molecule has 1 heterocycles. The Labute approximate surface area is 147 Å². The van der Waals surface area contributed by atoms with Crippen LogP contribution in [0.1, 0.15) is 16.1 Å². The van der Waals surface area contributed by atoms with Gasteiger partial charge < -0.3 is 14.5 Å². The summed E-state index contributed by atoms with van der Waals surface area (Å²) in [4.78, 5) is 35.6. The lowest BCUT2D eigenvalue weighted by molar-refractivity contribution is -0.143. The van der Waals surface area contributed by atoms with Crippen molar-refractivity contribution in [3.8, 4) is 0 Å². The fourth-order valence-electron chi connectivity index (χ4n) is 2.30. The summed E-state index contributed by atoms with van der Waals surface area (Å²) in [6.07, 6.45) is 0. The number of halogens is 1. The molecule has 0 aliphatic heterocycles. The SMILES string of the molecule is O=C(CNC(=O)c1cc2cc(F)ccc2c(=O)o1)OCc1ccccc1. The second kappa shape index (κ2) is 7.60. The van der Waals surface area contributed by atoms with Gasteiger partial charge in [-0.3, -0.25) is 9.59 Å². The Balaban J connectivity index is 1.62. The number of hydrogen-bond acceptors (Lipinski definition) is 5. The highest BCUT2D eigenvalue weighted by Crippen LogP contribution is 2.14. The molecule has 0 bridgehead atoms. The molecule has 7 heteroatoms. The van der Waals surface area contributed by atoms with E-state index < -0.39 is 29.9 Å². The molecule has 6 nitrogen and oxygen atoms in total. The molecule has 2 aromatic carbocycles. The van der Waals surface area contributed by atoms with Gasteiger partial charge in [0.15, 0.2) is 5.76 Å². The minimum atomic E-state index is -0.773. The normalized spacial score (nSPS) is 10.5. The lowest BCUT2D eigenvalue weighted by Crippen LogP contribution is -2.31. The third kappa shape index (κ3) is 4.13. The fraction of sp³-hybridized carbons (Fsp3) is 0.105. The molecule has 1 N–H and O–H groups in total. The number of nitrogens with one attached hydrogen (secondary N) is 1. The first-order valence-electron chi connectivity index (χ1n) is 7.74. The van der Waals surface area contributed by atoms with Gasteiger partial charge in [0.2, 0.25) is 0 Å². The summed E-state index contributed by atoms with van der Waals surface area (Å²) >= 11 is 0. The summed E-state index contributed by atoms with van der Waals surface area (Å²) in [5, 5.41) is 2.69. The van der Waals surface area contributed by atoms with Crippen molar-refractivity contribution in [2.45, 2.75) is 6.61 Å². The lowest BCUT2D eigenvalue weighted by Gasteiger charge is -2.06. The minimum absolute atomic E-state index is 0.0832. The number of rotatable bonds is 5. The lowest BCUT2D eigenvalue weighted by atomic mass is 10.1. The molecule has 1 amide bonds. The first-order valence-corrected chi connectivity index (χ1v) is 7.74. The van der Waals surface area contributed by atoms with Crippen molar-refractivity contribution in [1.29, 1.82) is 0 Å². The van der Waals surface area contributed by atoms with Crippen LogP contribution in [-0.2, 0) is 16.1 Å². The van der Waals surface area contributed by atoms with Gasteiger partial charge in [-0.1, -0.05) is 30.3 Å². The molecule has 0 aliphatic rings. The molecule has 3 aromatic rings. The molecule has 132 valence electrons. The highest BCUT2D eigenvalue weighted by molar-refractivity contribution is 5.96. The van der Waals surface area contributed by atoms with Gasteiger partial charge in [-0.2, -0.15) is 0 Å². The molecule has 3 rings (SSSR count). The molecular weight excluding hydrogens is 341 g/mol. The Hall–Kier alpha value is -3.48. The molecule has 0 atom stereocenters. The summed E-state index contributed by atoms with van der Waals surface area (Å²) in [5.74, 6) is -2.27. The molecule has 0 saturated heterocycles. The number of ether oxygens (including phenoxy) is 1. The zero-order chi connectivity index (χ0) is 18.5. The molecule has 0 saturated carbocycles. The Bertz CT molecular complexity index is 1010. The first-order chi connectivity index (χ1) is 12.5. The van der Waals surface area contributed by atoms with Crippen LogP contribution in [0.25, 0.3) is 10.8 Å². The number of benzene rings is 2. The molecule has 0 radical (unpaired) electrons. The number of hydrogen-bond donors (Lipinski definition) is 1. The highest BCUT2D eigenvalue weighted by atomic mass is 19.1. The van der Waals surface area contributed by atoms with Crippen LogP contribution in [0.2, 0.25) is 0 Å². The summed E-state index contributed by atoms with van der Waals surface area (Å²) in [6.45, 7) is -0.309. The quantitative estimate of drug-likeness (QED) is 0.711. The standard InChI is InChI=1S/C19H14FNO5/c20-14-6-7-15-13(8-14)9-16(26-19(15)24)18(23)21-10-17(22)25-11-12-4-2-1-3-5-12/h1-9H,10-11H2,(H,21,23). The van der Waals surface area contributed by atoms with E-state index in [2.05, 4.69) is 5.32 Å². The van der Waals surface area contributed by atoms with E-state index >= 15 is 0 Å². The van der Waals surface area contributed by atoms with Crippen LogP contribution >= 0.6 is 0 Å². The van der Waals surface area contributed by atoms with E-state index in [1.54, 1.807) is 12.1 Å². The van der Waals surface area contributed by atoms with Gasteiger partial charge in [0, 0.05) is 0 Å². The van der Waals surface area contributed by atoms with Gasteiger partial charge in [-0.15, -0.1) is 0 Å². The van der Waals surface area contributed by atoms with Crippen molar-refractivity contribution in [1.82, 2.24) is 5.32 Å². The van der Waals surface area contributed by atoms with Crippen LogP contribution in [0, 0.1) is 5.82 Å². The van der Waals surface area contributed by atoms with E-state index in [1.165, 1.54) is 12.1 Å². The van der Waals surface area contributed by atoms with Crippen LogP contribution < -0.4 is 10.9 Å². The van der Waals surface area contributed by atoms with E-state index in [1.807, 2.05) is 18.2 Å². The van der Waals surface area contributed by atoms with Crippen LogP contribution in [-0.4, -0.2) is 18.4 Å². The summed E-state index contributed by atoms with van der Waals surface area (Å²) < 4.78 is 23.2. The largest absolute Gasteiger partial charge is 0.460 e. The molecule has 0 unspecified atom stereocenters. The Morgan fingerprint density at radius 1 is 1.08 bits per heavy atom. The van der Waals surface area contributed by atoms with E-state index in [0.29, 0.717) is 0 Å². The number of carbonyl (C=O) groups is 2. The molecule has 0 aliphatic carbocycles. The Kier molecular flexibility index (Phi) is 5.07. The second-order valence-corrected chi connectivity index (χ2v) is 5.46. The summed E-state index contributed by atoms with van der Waals surface area (Å²) in [6, 6.07) is 13.8. The molecule has 0 fully saturated rings. The maximum absolute atomic E-state index is 13.3. The number of fused-ring (bicyclic) bond motifs is 1. The van der Waals surface area contributed by atoms with Crippen molar-refractivity contribution < 1.29 is 23.1 Å². The van der Waals surface area contributed by atoms with Crippen LogP contribution in [0.5, 0.6) is 0 Å². The summed E-state index contributed by atoms with van der Waals surface area (Å²) in [5.41, 5.74) is 0.0500. The topological polar surface area (TPSA) is 85.6 Å².